The van der Waals surface area contributed by atoms with Crippen LogP contribution in [0.2, 0.25) is 0 Å². The summed E-state index contributed by atoms with van der Waals surface area (Å²) in [6, 6.07) is 3.75. The number of sulfonamides is 1. The fourth-order valence-electron chi connectivity index (χ4n) is 3.03. The van der Waals surface area contributed by atoms with Crippen LogP contribution in [0.15, 0.2) is 16.3 Å². The molecule has 0 unspecified atom stereocenters. The predicted molar refractivity (Wildman–Crippen MR) is 88.1 cm³/mol. The number of nitrogens with zero attached hydrogens (tertiary/aromatic N) is 1. The summed E-state index contributed by atoms with van der Waals surface area (Å²) in [6.45, 7) is 2.77. The highest BCUT2D eigenvalue weighted by molar-refractivity contribution is 7.91. The zero-order chi connectivity index (χ0) is 15.5. The van der Waals surface area contributed by atoms with Crippen molar-refractivity contribution in [1.82, 2.24) is 4.31 Å². The Balaban J connectivity index is 2.07. The summed E-state index contributed by atoms with van der Waals surface area (Å²) in [7, 11) is -1.62. The van der Waals surface area contributed by atoms with Gasteiger partial charge in [0.05, 0.1) is 0 Å². The van der Waals surface area contributed by atoms with Crippen LogP contribution in [-0.2, 0) is 16.4 Å². The van der Waals surface area contributed by atoms with Gasteiger partial charge in [0.2, 0.25) is 0 Å². The van der Waals surface area contributed by atoms with Crippen LogP contribution in [0, 0.1) is 5.92 Å². The van der Waals surface area contributed by atoms with Gasteiger partial charge in [-0.05, 0) is 56.7 Å². The second-order valence-electron chi connectivity index (χ2n) is 5.86. The predicted octanol–water partition coefficient (Wildman–Crippen LogP) is 2.84. The van der Waals surface area contributed by atoms with Crippen molar-refractivity contribution >= 4 is 21.4 Å². The number of hydrogen-bond acceptors (Lipinski definition) is 4. The van der Waals surface area contributed by atoms with Crippen molar-refractivity contribution in [3.8, 4) is 0 Å². The third kappa shape index (κ3) is 3.86. The second-order valence-corrected chi connectivity index (χ2v) is 9.26. The lowest BCUT2D eigenvalue weighted by molar-refractivity contribution is 0.233. The molecule has 1 aromatic rings. The molecule has 4 nitrogen and oxygen atoms in total. The quantitative estimate of drug-likeness (QED) is 0.872. The lowest BCUT2D eigenvalue weighted by Crippen LogP contribution is -2.39. The van der Waals surface area contributed by atoms with E-state index in [2.05, 4.69) is 6.92 Å². The molecule has 1 aliphatic carbocycles. The molecule has 120 valence electrons. The van der Waals surface area contributed by atoms with E-state index in [0.29, 0.717) is 10.8 Å². The summed E-state index contributed by atoms with van der Waals surface area (Å²) < 4.78 is 27.5. The lowest BCUT2D eigenvalue weighted by Gasteiger charge is -2.33. The molecule has 1 aliphatic rings. The van der Waals surface area contributed by atoms with Crippen LogP contribution >= 0.6 is 11.3 Å². The van der Waals surface area contributed by atoms with Gasteiger partial charge in [-0.25, -0.2) is 8.42 Å². The Morgan fingerprint density at radius 3 is 2.52 bits per heavy atom. The Labute approximate surface area is 132 Å². The van der Waals surface area contributed by atoms with Crippen molar-refractivity contribution in [1.29, 1.82) is 0 Å². The maximum atomic E-state index is 12.7. The van der Waals surface area contributed by atoms with Gasteiger partial charge < -0.3 is 5.73 Å². The standard InChI is InChI=1S/C15H26N2O2S2/c1-3-12-4-6-13(7-5-12)17(2)21(18,19)15-9-8-14(20-15)10-11-16/h8-9,12-13H,3-7,10-11,16H2,1-2H3. The second kappa shape index (κ2) is 7.22. The third-order valence-corrected chi connectivity index (χ3v) is 8.09. The summed E-state index contributed by atoms with van der Waals surface area (Å²) in [6.07, 6.45) is 6.19. The van der Waals surface area contributed by atoms with Crippen LogP contribution in [0.4, 0.5) is 0 Å². The molecular formula is C15H26N2O2S2. The van der Waals surface area contributed by atoms with E-state index in [9.17, 15) is 8.42 Å². The summed E-state index contributed by atoms with van der Waals surface area (Å²) >= 11 is 1.35. The summed E-state index contributed by atoms with van der Waals surface area (Å²) in [4.78, 5) is 1.04. The summed E-state index contributed by atoms with van der Waals surface area (Å²) in [5.41, 5.74) is 5.53. The van der Waals surface area contributed by atoms with Crippen molar-refractivity contribution in [2.45, 2.75) is 55.7 Å². The van der Waals surface area contributed by atoms with E-state index in [1.54, 1.807) is 17.4 Å². The van der Waals surface area contributed by atoms with Gasteiger partial charge in [0.25, 0.3) is 10.0 Å². The number of thiophene rings is 1. The van der Waals surface area contributed by atoms with Gasteiger partial charge in [-0.15, -0.1) is 11.3 Å². The highest BCUT2D eigenvalue weighted by atomic mass is 32.2. The Kier molecular flexibility index (Phi) is 5.82. The van der Waals surface area contributed by atoms with Crippen molar-refractivity contribution in [2.75, 3.05) is 13.6 Å². The van der Waals surface area contributed by atoms with E-state index in [-0.39, 0.29) is 6.04 Å². The normalized spacial score (nSPS) is 23.6. The molecule has 2 N–H and O–H groups in total. The van der Waals surface area contributed by atoms with Crippen LogP contribution in [0.5, 0.6) is 0 Å². The Morgan fingerprint density at radius 1 is 1.29 bits per heavy atom. The first kappa shape index (κ1) is 16.9. The Morgan fingerprint density at radius 2 is 1.95 bits per heavy atom. The molecule has 0 aliphatic heterocycles. The van der Waals surface area contributed by atoms with Gasteiger partial charge in [-0.1, -0.05) is 13.3 Å². The van der Waals surface area contributed by atoms with Crippen LogP contribution in [0.3, 0.4) is 0 Å². The molecule has 0 aromatic carbocycles. The van der Waals surface area contributed by atoms with Crippen molar-refractivity contribution in [3.05, 3.63) is 17.0 Å². The zero-order valence-corrected chi connectivity index (χ0v) is 14.5. The smallest absolute Gasteiger partial charge is 0.252 e. The Bertz CT molecular complexity index is 546. The van der Waals surface area contributed by atoms with E-state index in [0.717, 1.165) is 42.9 Å². The van der Waals surface area contributed by atoms with E-state index in [1.165, 1.54) is 17.8 Å². The number of hydrogen-bond donors (Lipinski definition) is 1. The van der Waals surface area contributed by atoms with Crippen LogP contribution in [0.1, 0.15) is 43.9 Å². The van der Waals surface area contributed by atoms with E-state index in [4.69, 9.17) is 5.73 Å². The van der Waals surface area contributed by atoms with Gasteiger partial charge >= 0.3 is 0 Å². The fraction of sp³-hybridized carbons (Fsp3) is 0.733. The summed E-state index contributed by atoms with van der Waals surface area (Å²) in [5.74, 6) is 0.773. The van der Waals surface area contributed by atoms with Gasteiger partial charge in [0, 0.05) is 18.0 Å². The van der Waals surface area contributed by atoms with Crippen LogP contribution in [0.25, 0.3) is 0 Å². The minimum absolute atomic E-state index is 0.151. The molecule has 0 bridgehead atoms. The fourth-order valence-corrected chi connectivity index (χ4v) is 6.00. The molecule has 0 radical (unpaired) electrons. The average Bonchev–Trinajstić information content (AvgIpc) is 2.96. The zero-order valence-electron chi connectivity index (χ0n) is 12.9. The van der Waals surface area contributed by atoms with E-state index >= 15 is 0 Å². The first-order valence-corrected chi connectivity index (χ1v) is 10.0. The first-order valence-electron chi connectivity index (χ1n) is 7.75. The molecular weight excluding hydrogens is 304 g/mol. The summed E-state index contributed by atoms with van der Waals surface area (Å²) in [5, 5.41) is 0. The van der Waals surface area contributed by atoms with E-state index < -0.39 is 10.0 Å². The molecule has 1 heterocycles. The molecule has 0 spiro atoms. The first-order chi connectivity index (χ1) is 9.98. The highest BCUT2D eigenvalue weighted by Gasteiger charge is 2.31. The lowest BCUT2D eigenvalue weighted by atomic mass is 9.85. The van der Waals surface area contributed by atoms with Crippen LogP contribution < -0.4 is 5.73 Å². The van der Waals surface area contributed by atoms with Gasteiger partial charge in [0.15, 0.2) is 0 Å². The van der Waals surface area contributed by atoms with Crippen LogP contribution in [-0.4, -0.2) is 32.4 Å². The highest BCUT2D eigenvalue weighted by Crippen LogP contribution is 2.33. The van der Waals surface area contributed by atoms with Gasteiger partial charge in [-0.3, -0.25) is 0 Å². The molecule has 1 fully saturated rings. The van der Waals surface area contributed by atoms with Gasteiger partial charge in [0.1, 0.15) is 4.21 Å². The maximum Gasteiger partial charge on any atom is 0.252 e. The van der Waals surface area contributed by atoms with E-state index in [1.807, 2.05) is 6.07 Å². The van der Waals surface area contributed by atoms with Crippen molar-refractivity contribution < 1.29 is 8.42 Å². The monoisotopic (exact) mass is 330 g/mol. The molecule has 2 rings (SSSR count). The minimum Gasteiger partial charge on any atom is -0.330 e. The van der Waals surface area contributed by atoms with Gasteiger partial charge in [-0.2, -0.15) is 4.31 Å². The molecule has 0 atom stereocenters. The molecule has 6 heteroatoms. The van der Waals surface area contributed by atoms with Crippen molar-refractivity contribution in [2.24, 2.45) is 11.7 Å². The average molecular weight is 331 g/mol. The van der Waals surface area contributed by atoms with Crippen molar-refractivity contribution in [3.63, 3.8) is 0 Å². The SMILES string of the molecule is CCC1CCC(N(C)S(=O)(=O)c2ccc(CCN)s2)CC1. The minimum atomic E-state index is -3.35. The molecule has 0 saturated heterocycles. The maximum absolute atomic E-state index is 12.7. The molecule has 1 aromatic heterocycles. The molecule has 1 saturated carbocycles. The molecule has 21 heavy (non-hydrogen) atoms. The number of nitrogens with two attached hydrogens (primary N) is 1. The molecule has 0 amide bonds. The topological polar surface area (TPSA) is 63.4 Å². The largest absolute Gasteiger partial charge is 0.330 e. The Hall–Kier alpha value is -0.430. The third-order valence-electron chi connectivity index (χ3n) is 4.57. The number of rotatable bonds is 6.